The molecule has 1 aliphatic heterocycles. The Balaban J connectivity index is 1.86. The molecule has 1 fully saturated rings. The second kappa shape index (κ2) is 4.80. The first-order valence-corrected chi connectivity index (χ1v) is 7.64. The molecule has 1 aromatic heterocycles. The molecule has 3 rings (SSSR count). The lowest BCUT2D eigenvalue weighted by Crippen LogP contribution is -2.37. The van der Waals surface area contributed by atoms with Crippen molar-refractivity contribution in [2.75, 3.05) is 0 Å². The summed E-state index contributed by atoms with van der Waals surface area (Å²) in [6.07, 6.45) is 1.90. The number of rotatable bonds is 2. The minimum atomic E-state index is -0.513. The van der Waals surface area contributed by atoms with Crippen molar-refractivity contribution in [2.24, 2.45) is 0 Å². The molecule has 0 N–H and O–H groups in total. The average molecular weight is 303 g/mol. The number of carbonyl (C=O) groups excluding carboxylic acids is 2. The number of cyclic esters (lactones) is 1. The van der Waals surface area contributed by atoms with Gasteiger partial charge in [-0.3, -0.25) is 9.78 Å². The second-order valence-corrected chi connectivity index (χ2v) is 7.17. The van der Waals surface area contributed by atoms with E-state index in [1.54, 1.807) is 12.1 Å². The summed E-state index contributed by atoms with van der Waals surface area (Å²) < 4.78 is 10.7. The normalized spacial score (nSPS) is 22.0. The van der Waals surface area contributed by atoms with E-state index in [1.807, 2.05) is 27.7 Å². The molecule has 2 heterocycles. The van der Waals surface area contributed by atoms with E-state index in [4.69, 9.17) is 9.47 Å². The smallest absolute Gasteiger partial charge is 0.340 e. The molecule has 1 saturated carbocycles. The number of esters is 2. The van der Waals surface area contributed by atoms with Gasteiger partial charge in [-0.1, -0.05) is 0 Å². The molecule has 0 unspecified atom stereocenters. The molecule has 0 radical (unpaired) electrons. The van der Waals surface area contributed by atoms with Crippen LogP contribution >= 0.6 is 0 Å². The summed E-state index contributed by atoms with van der Waals surface area (Å²) in [5, 5.41) is 0. The van der Waals surface area contributed by atoms with Crippen molar-refractivity contribution in [1.82, 2.24) is 4.98 Å². The fourth-order valence-corrected chi connectivity index (χ4v) is 2.98. The summed E-state index contributed by atoms with van der Waals surface area (Å²) in [6.45, 7) is 7.42. The number of hydrogen-bond acceptors (Lipinski definition) is 5. The number of pyridine rings is 1. The third-order valence-corrected chi connectivity index (χ3v) is 4.24. The Morgan fingerprint density at radius 3 is 2.68 bits per heavy atom. The molecule has 5 nitrogen and oxygen atoms in total. The van der Waals surface area contributed by atoms with Crippen LogP contribution in [0.15, 0.2) is 12.1 Å². The molecule has 0 aromatic carbocycles. The molecule has 0 bridgehead atoms. The predicted molar refractivity (Wildman–Crippen MR) is 79.6 cm³/mol. The molecule has 1 spiro atoms. The molecule has 22 heavy (non-hydrogen) atoms. The van der Waals surface area contributed by atoms with Gasteiger partial charge in [-0.2, -0.15) is 0 Å². The topological polar surface area (TPSA) is 65.5 Å². The Hall–Kier alpha value is -1.91. The molecule has 0 amide bonds. The third kappa shape index (κ3) is 2.60. The number of ether oxygens (including phenoxy) is 2. The van der Waals surface area contributed by atoms with E-state index in [1.165, 1.54) is 0 Å². The van der Waals surface area contributed by atoms with Gasteiger partial charge in [-0.05, 0) is 52.7 Å². The molecule has 0 saturated heterocycles. The van der Waals surface area contributed by atoms with Crippen molar-refractivity contribution >= 4 is 11.9 Å². The van der Waals surface area contributed by atoms with E-state index in [2.05, 4.69) is 4.98 Å². The van der Waals surface area contributed by atoms with Crippen LogP contribution in [0.3, 0.4) is 0 Å². The maximum absolute atomic E-state index is 12.0. The monoisotopic (exact) mass is 303 g/mol. The van der Waals surface area contributed by atoms with Gasteiger partial charge in [0, 0.05) is 0 Å². The molecular formula is C17H21NO4. The van der Waals surface area contributed by atoms with Crippen molar-refractivity contribution in [2.45, 2.75) is 64.1 Å². The van der Waals surface area contributed by atoms with Gasteiger partial charge in [0.2, 0.25) is 0 Å². The molecule has 5 heteroatoms. The van der Waals surface area contributed by atoms with E-state index >= 15 is 0 Å². The summed E-state index contributed by atoms with van der Waals surface area (Å²) in [5.41, 5.74) is 1.30. The predicted octanol–water partition coefficient (Wildman–Crippen LogP) is 2.56. The largest absolute Gasteiger partial charge is 0.460 e. The molecule has 118 valence electrons. The number of hydrogen-bond donors (Lipinski definition) is 0. The van der Waals surface area contributed by atoms with Crippen LogP contribution in [0.25, 0.3) is 0 Å². The maximum atomic E-state index is 12.0. The van der Waals surface area contributed by atoms with Crippen LogP contribution < -0.4 is 0 Å². The van der Waals surface area contributed by atoms with Crippen LogP contribution in [0.1, 0.15) is 62.3 Å². The average Bonchev–Trinajstić information content (AvgIpc) is 3.15. The fourth-order valence-electron chi connectivity index (χ4n) is 2.98. The van der Waals surface area contributed by atoms with E-state index in [0.717, 1.165) is 18.5 Å². The molecular weight excluding hydrogens is 282 g/mol. The zero-order valence-electron chi connectivity index (χ0n) is 13.4. The lowest BCUT2D eigenvalue weighted by molar-refractivity contribution is -0.154. The highest BCUT2D eigenvalue weighted by atomic mass is 16.6. The highest BCUT2D eigenvalue weighted by molar-refractivity contribution is 5.93. The van der Waals surface area contributed by atoms with Crippen LogP contribution in [-0.2, 0) is 26.1 Å². The molecule has 2 aliphatic rings. The zero-order chi connectivity index (χ0) is 16.1. The Labute approximate surface area is 130 Å². The van der Waals surface area contributed by atoms with Gasteiger partial charge in [0.25, 0.3) is 0 Å². The second-order valence-electron chi connectivity index (χ2n) is 7.17. The quantitative estimate of drug-likeness (QED) is 0.786. The van der Waals surface area contributed by atoms with Crippen LogP contribution in [0.4, 0.5) is 0 Å². The number of nitrogens with zero attached hydrogens (tertiary/aromatic N) is 1. The first kappa shape index (κ1) is 15.0. The van der Waals surface area contributed by atoms with Gasteiger partial charge in [0.05, 0.1) is 28.8 Å². The lowest BCUT2D eigenvalue weighted by Gasteiger charge is -2.30. The Kier molecular flexibility index (Phi) is 3.27. The van der Waals surface area contributed by atoms with Gasteiger partial charge in [0.1, 0.15) is 11.7 Å². The first-order chi connectivity index (χ1) is 10.2. The standard InChI is InChI=1S/C17H21NO4/c1-10-17(7-8-17)14-12(15(20)21-10)6-5-11(18-14)9-13(19)22-16(2,3)4/h5-6,10H,7-9H2,1-4H3/t10-/m0/s1. The van der Waals surface area contributed by atoms with E-state index in [9.17, 15) is 9.59 Å². The maximum Gasteiger partial charge on any atom is 0.340 e. The van der Waals surface area contributed by atoms with Gasteiger partial charge >= 0.3 is 11.9 Å². The Bertz CT molecular complexity index is 641. The van der Waals surface area contributed by atoms with E-state index < -0.39 is 5.60 Å². The number of aromatic nitrogens is 1. The number of fused-ring (bicyclic) bond motifs is 2. The van der Waals surface area contributed by atoms with Crippen molar-refractivity contribution in [3.05, 3.63) is 29.1 Å². The van der Waals surface area contributed by atoms with E-state index in [0.29, 0.717) is 11.3 Å². The molecule has 1 atom stereocenters. The third-order valence-electron chi connectivity index (χ3n) is 4.24. The van der Waals surface area contributed by atoms with Crippen molar-refractivity contribution in [3.63, 3.8) is 0 Å². The van der Waals surface area contributed by atoms with Crippen molar-refractivity contribution in [3.8, 4) is 0 Å². The SMILES string of the molecule is C[C@@H]1OC(=O)c2ccc(CC(=O)OC(C)(C)C)nc2C12CC2. The summed E-state index contributed by atoms with van der Waals surface area (Å²) >= 11 is 0. The van der Waals surface area contributed by atoms with E-state index in [-0.39, 0.29) is 29.9 Å². The van der Waals surface area contributed by atoms with Crippen molar-refractivity contribution in [1.29, 1.82) is 0 Å². The van der Waals surface area contributed by atoms with Crippen LogP contribution in [0.5, 0.6) is 0 Å². The Morgan fingerprint density at radius 2 is 2.09 bits per heavy atom. The van der Waals surface area contributed by atoms with Crippen LogP contribution in [0.2, 0.25) is 0 Å². The summed E-state index contributed by atoms with van der Waals surface area (Å²) in [4.78, 5) is 28.5. The van der Waals surface area contributed by atoms with Crippen molar-refractivity contribution < 1.29 is 19.1 Å². The summed E-state index contributed by atoms with van der Waals surface area (Å²) in [6, 6.07) is 3.42. The minimum absolute atomic E-state index is 0.115. The first-order valence-electron chi connectivity index (χ1n) is 7.64. The Morgan fingerprint density at radius 1 is 1.41 bits per heavy atom. The fraction of sp³-hybridized carbons (Fsp3) is 0.588. The summed E-state index contributed by atoms with van der Waals surface area (Å²) in [5.74, 6) is -0.632. The van der Waals surface area contributed by atoms with Gasteiger partial charge in [0.15, 0.2) is 0 Å². The molecule has 1 aromatic rings. The zero-order valence-corrected chi connectivity index (χ0v) is 13.4. The van der Waals surface area contributed by atoms with Gasteiger partial charge in [-0.15, -0.1) is 0 Å². The highest BCUT2D eigenvalue weighted by Crippen LogP contribution is 2.54. The van der Waals surface area contributed by atoms with Gasteiger partial charge < -0.3 is 9.47 Å². The number of carbonyl (C=O) groups is 2. The molecule has 1 aliphatic carbocycles. The van der Waals surface area contributed by atoms with Gasteiger partial charge in [-0.25, -0.2) is 4.79 Å². The van der Waals surface area contributed by atoms with Crippen LogP contribution in [0, 0.1) is 0 Å². The summed E-state index contributed by atoms with van der Waals surface area (Å²) in [7, 11) is 0. The highest BCUT2D eigenvalue weighted by Gasteiger charge is 2.56. The van der Waals surface area contributed by atoms with Crippen LogP contribution in [-0.4, -0.2) is 28.6 Å². The minimum Gasteiger partial charge on any atom is -0.460 e. The lowest BCUT2D eigenvalue weighted by atomic mass is 9.89.